The maximum Gasteiger partial charge on any atom is 0.339 e. The SMILES string of the molecule is O=C(OCC#CCSc1nnc(-c2cccc(F)c2)o1)c1cccc(Cl)c1. The molecule has 3 aromatic rings. The Morgan fingerprint density at radius 1 is 1.19 bits per heavy atom. The summed E-state index contributed by atoms with van der Waals surface area (Å²) in [5.74, 6) is 5.31. The molecule has 0 fully saturated rings. The molecule has 136 valence electrons. The van der Waals surface area contributed by atoms with Crippen LogP contribution in [-0.2, 0) is 4.74 Å². The van der Waals surface area contributed by atoms with E-state index in [4.69, 9.17) is 20.8 Å². The van der Waals surface area contributed by atoms with Crippen molar-refractivity contribution in [1.82, 2.24) is 10.2 Å². The number of rotatable bonds is 5. The molecule has 0 amide bonds. The van der Waals surface area contributed by atoms with Gasteiger partial charge in [0.05, 0.1) is 11.3 Å². The number of aromatic nitrogens is 2. The van der Waals surface area contributed by atoms with Crippen molar-refractivity contribution in [2.75, 3.05) is 12.4 Å². The van der Waals surface area contributed by atoms with Crippen LogP contribution in [0.25, 0.3) is 11.5 Å². The third-order valence-electron chi connectivity index (χ3n) is 3.21. The Kier molecular flexibility index (Phi) is 6.47. The maximum absolute atomic E-state index is 13.2. The lowest BCUT2D eigenvalue weighted by atomic mass is 10.2. The number of hydrogen-bond donors (Lipinski definition) is 0. The Hall–Kier alpha value is -2.82. The summed E-state index contributed by atoms with van der Waals surface area (Å²) < 4.78 is 23.7. The Morgan fingerprint density at radius 3 is 2.85 bits per heavy atom. The Labute approximate surface area is 163 Å². The number of carbonyl (C=O) groups excluding carboxylic acids is 1. The van der Waals surface area contributed by atoms with Crippen molar-refractivity contribution in [2.45, 2.75) is 5.22 Å². The smallest absolute Gasteiger partial charge is 0.339 e. The highest BCUT2D eigenvalue weighted by Crippen LogP contribution is 2.23. The number of esters is 1. The van der Waals surface area contributed by atoms with Gasteiger partial charge >= 0.3 is 5.97 Å². The average Bonchev–Trinajstić information content (AvgIpc) is 3.13. The highest BCUT2D eigenvalue weighted by molar-refractivity contribution is 7.99. The number of hydrogen-bond acceptors (Lipinski definition) is 6. The van der Waals surface area contributed by atoms with Crippen molar-refractivity contribution in [3.63, 3.8) is 0 Å². The van der Waals surface area contributed by atoms with Gasteiger partial charge in [0.2, 0.25) is 5.89 Å². The molecule has 0 N–H and O–H groups in total. The molecule has 0 unspecified atom stereocenters. The van der Waals surface area contributed by atoms with Crippen LogP contribution < -0.4 is 0 Å². The zero-order valence-corrected chi connectivity index (χ0v) is 15.4. The molecule has 1 aromatic heterocycles. The summed E-state index contributed by atoms with van der Waals surface area (Å²) in [7, 11) is 0. The van der Waals surface area contributed by atoms with E-state index in [1.165, 1.54) is 30.0 Å². The lowest BCUT2D eigenvalue weighted by Gasteiger charge is -2.00. The first-order valence-electron chi connectivity index (χ1n) is 7.72. The molecule has 0 bridgehead atoms. The Balaban J connectivity index is 1.45. The van der Waals surface area contributed by atoms with Gasteiger partial charge in [-0.05, 0) is 36.4 Å². The molecular formula is C19H12ClFN2O3S. The van der Waals surface area contributed by atoms with E-state index in [-0.39, 0.29) is 18.3 Å². The molecular weight excluding hydrogens is 391 g/mol. The third-order valence-corrected chi connectivity index (χ3v) is 4.14. The summed E-state index contributed by atoms with van der Waals surface area (Å²) in [4.78, 5) is 11.8. The molecule has 5 nitrogen and oxygen atoms in total. The number of ether oxygens (including phenoxy) is 1. The normalized spacial score (nSPS) is 10.1. The minimum atomic E-state index is -0.490. The predicted octanol–water partition coefficient (Wildman–Crippen LogP) is 4.48. The zero-order chi connectivity index (χ0) is 19.1. The van der Waals surface area contributed by atoms with E-state index < -0.39 is 5.97 Å². The molecule has 1 heterocycles. The summed E-state index contributed by atoms with van der Waals surface area (Å²) in [6, 6.07) is 12.4. The van der Waals surface area contributed by atoms with Crippen molar-refractivity contribution >= 4 is 29.3 Å². The van der Waals surface area contributed by atoms with Gasteiger partial charge in [-0.15, -0.1) is 10.2 Å². The van der Waals surface area contributed by atoms with E-state index in [1.807, 2.05) is 0 Å². The van der Waals surface area contributed by atoms with Gasteiger partial charge in [-0.1, -0.05) is 47.3 Å². The molecule has 0 aliphatic rings. The van der Waals surface area contributed by atoms with Gasteiger partial charge in [-0.25, -0.2) is 9.18 Å². The fourth-order valence-electron chi connectivity index (χ4n) is 2.01. The van der Waals surface area contributed by atoms with Gasteiger partial charge in [-0.2, -0.15) is 0 Å². The fourth-order valence-corrected chi connectivity index (χ4v) is 2.73. The number of thioether (sulfide) groups is 1. The van der Waals surface area contributed by atoms with Crippen LogP contribution in [0.15, 0.2) is 58.2 Å². The van der Waals surface area contributed by atoms with E-state index in [2.05, 4.69) is 22.0 Å². The molecule has 0 atom stereocenters. The van der Waals surface area contributed by atoms with Crippen molar-refractivity contribution in [2.24, 2.45) is 0 Å². The first-order chi connectivity index (χ1) is 13.1. The maximum atomic E-state index is 13.2. The van der Waals surface area contributed by atoms with Crippen LogP contribution in [0.2, 0.25) is 5.02 Å². The second-order valence-electron chi connectivity index (χ2n) is 5.11. The van der Waals surface area contributed by atoms with E-state index in [9.17, 15) is 9.18 Å². The molecule has 8 heteroatoms. The summed E-state index contributed by atoms with van der Waals surface area (Å²) >= 11 is 7.05. The molecule has 0 radical (unpaired) electrons. The molecule has 0 saturated carbocycles. The fraction of sp³-hybridized carbons (Fsp3) is 0.105. The second-order valence-corrected chi connectivity index (χ2v) is 6.48. The Morgan fingerprint density at radius 2 is 2.04 bits per heavy atom. The molecule has 0 spiro atoms. The predicted molar refractivity (Wildman–Crippen MR) is 99.9 cm³/mol. The molecule has 3 rings (SSSR count). The zero-order valence-electron chi connectivity index (χ0n) is 13.8. The van der Waals surface area contributed by atoms with Crippen LogP contribution in [-0.4, -0.2) is 28.5 Å². The largest absolute Gasteiger partial charge is 0.449 e. The highest BCUT2D eigenvalue weighted by atomic mass is 35.5. The highest BCUT2D eigenvalue weighted by Gasteiger charge is 2.09. The van der Waals surface area contributed by atoms with Gasteiger partial charge in [0.25, 0.3) is 5.22 Å². The lowest BCUT2D eigenvalue weighted by Crippen LogP contribution is -2.05. The van der Waals surface area contributed by atoms with Crippen molar-refractivity contribution < 1.29 is 18.3 Å². The average molecular weight is 403 g/mol. The minimum absolute atomic E-state index is 0.0374. The van der Waals surface area contributed by atoms with Crippen LogP contribution in [0.4, 0.5) is 4.39 Å². The van der Waals surface area contributed by atoms with Crippen LogP contribution in [0.5, 0.6) is 0 Å². The van der Waals surface area contributed by atoms with Crippen LogP contribution in [0, 0.1) is 17.7 Å². The summed E-state index contributed by atoms with van der Waals surface area (Å²) in [6.07, 6.45) is 0. The molecule has 0 aliphatic heterocycles. The van der Waals surface area contributed by atoms with E-state index in [1.54, 1.807) is 30.3 Å². The van der Waals surface area contributed by atoms with Crippen LogP contribution in [0.1, 0.15) is 10.4 Å². The van der Waals surface area contributed by atoms with Gasteiger partial charge in [0, 0.05) is 10.6 Å². The van der Waals surface area contributed by atoms with Gasteiger partial charge in [-0.3, -0.25) is 0 Å². The monoisotopic (exact) mass is 402 g/mol. The summed E-state index contributed by atoms with van der Waals surface area (Å²) in [5.41, 5.74) is 0.878. The topological polar surface area (TPSA) is 65.2 Å². The van der Waals surface area contributed by atoms with Crippen LogP contribution >= 0.6 is 23.4 Å². The summed E-state index contributed by atoms with van der Waals surface area (Å²) in [5, 5.41) is 8.53. The number of halogens is 2. The molecule has 0 saturated heterocycles. The quantitative estimate of drug-likeness (QED) is 0.356. The lowest BCUT2D eigenvalue weighted by molar-refractivity contribution is 0.0556. The van der Waals surface area contributed by atoms with Gasteiger partial charge in [0.1, 0.15) is 5.82 Å². The summed E-state index contributed by atoms with van der Waals surface area (Å²) in [6.45, 7) is -0.0374. The van der Waals surface area contributed by atoms with Crippen molar-refractivity contribution in [1.29, 1.82) is 0 Å². The van der Waals surface area contributed by atoms with E-state index in [0.717, 1.165) is 0 Å². The van der Waals surface area contributed by atoms with Crippen LogP contribution in [0.3, 0.4) is 0 Å². The first-order valence-corrected chi connectivity index (χ1v) is 9.09. The standard InChI is InChI=1S/C19H12ClFN2O3S/c20-15-7-3-6-14(11-15)18(24)25-9-1-2-10-27-19-23-22-17(26-19)13-5-4-8-16(21)12-13/h3-8,11-12H,9-10H2. The van der Waals surface area contributed by atoms with E-state index >= 15 is 0 Å². The molecule has 2 aromatic carbocycles. The van der Waals surface area contributed by atoms with Gasteiger partial charge in [0.15, 0.2) is 6.61 Å². The number of benzene rings is 2. The van der Waals surface area contributed by atoms with Gasteiger partial charge < -0.3 is 9.15 Å². The van der Waals surface area contributed by atoms with E-state index in [0.29, 0.717) is 27.1 Å². The second kappa shape index (κ2) is 9.21. The number of carbonyl (C=O) groups is 1. The molecule has 0 aliphatic carbocycles. The number of nitrogens with zero attached hydrogens (tertiary/aromatic N) is 2. The van der Waals surface area contributed by atoms with Crippen molar-refractivity contribution in [3.05, 3.63) is 64.9 Å². The Bertz CT molecular complexity index is 1010. The first kappa shape index (κ1) is 19.0. The molecule has 27 heavy (non-hydrogen) atoms. The third kappa shape index (κ3) is 5.58. The minimum Gasteiger partial charge on any atom is -0.449 e. The van der Waals surface area contributed by atoms with Crippen molar-refractivity contribution in [3.8, 4) is 23.3 Å².